The van der Waals surface area contributed by atoms with Gasteiger partial charge in [-0.15, -0.1) is 0 Å². The van der Waals surface area contributed by atoms with Crippen LogP contribution in [0.5, 0.6) is 5.75 Å². The summed E-state index contributed by atoms with van der Waals surface area (Å²) in [5, 5.41) is 11.6. The van der Waals surface area contributed by atoms with Crippen molar-refractivity contribution in [3.8, 4) is 5.75 Å². The highest BCUT2D eigenvalue weighted by Gasteiger charge is 2.03. The summed E-state index contributed by atoms with van der Waals surface area (Å²) in [5.74, 6) is 0.689. The van der Waals surface area contributed by atoms with Crippen LogP contribution in [0.15, 0.2) is 60.9 Å². The Morgan fingerprint density at radius 2 is 1.96 bits per heavy atom. The molecule has 0 atom stereocenters. The van der Waals surface area contributed by atoms with Crippen LogP contribution < -0.4 is 15.4 Å². The molecule has 3 rings (SSSR count). The van der Waals surface area contributed by atoms with Crippen molar-refractivity contribution in [2.75, 3.05) is 10.6 Å². The number of nitrogens with zero attached hydrogens (tertiary/aromatic N) is 2. The Kier molecular flexibility index (Phi) is 5.53. The third-order valence-electron chi connectivity index (χ3n) is 3.33. The molecule has 7 heteroatoms. The molecule has 1 aromatic heterocycles. The third-order valence-corrected chi connectivity index (χ3v) is 3.77. The summed E-state index contributed by atoms with van der Waals surface area (Å²) in [7, 11) is 0. The normalized spacial score (nSPS) is 10.3. The topological polar surface area (TPSA) is 51.1 Å². The van der Waals surface area contributed by atoms with E-state index in [9.17, 15) is 0 Å². The minimum absolute atomic E-state index is 0.278. The maximum atomic E-state index is 5.93. The summed E-state index contributed by atoms with van der Waals surface area (Å²) < 4.78 is 7.30. The van der Waals surface area contributed by atoms with Gasteiger partial charge in [-0.25, -0.2) is 4.68 Å². The van der Waals surface area contributed by atoms with Crippen LogP contribution in [0.25, 0.3) is 0 Å². The van der Waals surface area contributed by atoms with Crippen molar-refractivity contribution in [3.05, 3.63) is 71.5 Å². The zero-order chi connectivity index (χ0) is 17.6. The molecule has 0 saturated carbocycles. The Morgan fingerprint density at radius 3 is 2.76 bits per heavy atom. The molecule has 2 N–H and O–H groups in total. The lowest BCUT2D eigenvalue weighted by Crippen LogP contribution is -2.18. The fraction of sp³-hybridized carbons (Fsp3) is 0.111. The highest BCUT2D eigenvalue weighted by molar-refractivity contribution is 7.80. The number of aromatic nitrogens is 2. The molecular formula is C18H17ClN4OS. The molecule has 1 heterocycles. The molecule has 3 aromatic rings. The van der Waals surface area contributed by atoms with Crippen LogP contribution in [0, 0.1) is 6.92 Å². The summed E-state index contributed by atoms with van der Waals surface area (Å²) in [4.78, 5) is 0. The summed E-state index contributed by atoms with van der Waals surface area (Å²) in [6.45, 7) is 2.31. The summed E-state index contributed by atoms with van der Waals surface area (Å²) in [6, 6.07) is 15.2. The molecule has 0 bridgehead atoms. The second-order valence-corrected chi connectivity index (χ2v) is 6.29. The van der Waals surface area contributed by atoms with E-state index in [1.165, 1.54) is 5.56 Å². The van der Waals surface area contributed by atoms with Crippen LogP contribution in [0.1, 0.15) is 5.56 Å². The molecule has 5 nitrogen and oxygen atoms in total. The minimum Gasteiger partial charge on any atom is -0.471 e. The van der Waals surface area contributed by atoms with E-state index in [4.69, 9.17) is 28.6 Å². The fourth-order valence-electron chi connectivity index (χ4n) is 2.21. The maximum absolute atomic E-state index is 5.93. The van der Waals surface area contributed by atoms with E-state index >= 15 is 0 Å². The highest BCUT2D eigenvalue weighted by Crippen LogP contribution is 2.17. The van der Waals surface area contributed by atoms with Crippen molar-refractivity contribution in [3.63, 3.8) is 0 Å². The highest BCUT2D eigenvalue weighted by atomic mass is 35.5. The number of thiocarbonyl (C=S) groups is 1. The van der Waals surface area contributed by atoms with E-state index < -0.39 is 0 Å². The van der Waals surface area contributed by atoms with Gasteiger partial charge in [0.2, 0.25) is 0 Å². The lowest BCUT2D eigenvalue weighted by Gasteiger charge is -2.09. The zero-order valence-electron chi connectivity index (χ0n) is 13.6. The van der Waals surface area contributed by atoms with Crippen LogP contribution in [0.3, 0.4) is 0 Å². The lowest BCUT2D eigenvalue weighted by atomic mass is 10.2. The number of halogens is 1. The van der Waals surface area contributed by atoms with Crippen molar-refractivity contribution in [1.29, 1.82) is 0 Å². The molecule has 0 saturated heterocycles. The van der Waals surface area contributed by atoms with Gasteiger partial charge in [0.25, 0.3) is 0 Å². The van der Waals surface area contributed by atoms with Crippen LogP contribution in [-0.4, -0.2) is 14.9 Å². The van der Waals surface area contributed by atoms with E-state index in [0.29, 0.717) is 15.9 Å². The first kappa shape index (κ1) is 17.3. The van der Waals surface area contributed by atoms with Gasteiger partial charge in [-0.2, -0.15) is 5.10 Å². The van der Waals surface area contributed by atoms with Crippen molar-refractivity contribution >= 4 is 40.3 Å². The van der Waals surface area contributed by atoms with Crippen molar-refractivity contribution < 1.29 is 4.74 Å². The number of benzene rings is 2. The SMILES string of the molecule is Cc1cccc(NC(=S)Nc2cnn(COc3cccc(Cl)c3)c2)c1. The number of anilines is 2. The molecule has 0 amide bonds. The van der Waals surface area contributed by atoms with E-state index in [1.807, 2.05) is 49.5 Å². The smallest absolute Gasteiger partial charge is 0.180 e. The van der Waals surface area contributed by atoms with Gasteiger partial charge in [0.15, 0.2) is 11.8 Å². The number of nitrogens with one attached hydrogen (secondary N) is 2. The second-order valence-electron chi connectivity index (χ2n) is 5.45. The van der Waals surface area contributed by atoms with Crippen LogP contribution in [0.2, 0.25) is 5.02 Å². The molecule has 0 radical (unpaired) electrons. The molecule has 0 aliphatic carbocycles. The quantitative estimate of drug-likeness (QED) is 0.636. The average Bonchev–Trinajstić information content (AvgIpc) is 3.00. The van der Waals surface area contributed by atoms with E-state index in [0.717, 1.165) is 11.4 Å². The molecule has 128 valence electrons. The fourth-order valence-corrected chi connectivity index (χ4v) is 2.63. The first-order valence-electron chi connectivity index (χ1n) is 7.64. The van der Waals surface area contributed by atoms with Gasteiger partial charge in [-0.3, -0.25) is 0 Å². The zero-order valence-corrected chi connectivity index (χ0v) is 15.1. The first-order chi connectivity index (χ1) is 12.1. The van der Waals surface area contributed by atoms with E-state index in [-0.39, 0.29) is 6.73 Å². The predicted molar refractivity (Wildman–Crippen MR) is 105 cm³/mol. The Labute approximate surface area is 156 Å². The summed E-state index contributed by atoms with van der Waals surface area (Å²) in [6.07, 6.45) is 3.50. The van der Waals surface area contributed by atoms with E-state index in [2.05, 4.69) is 15.7 Å². The summed E-state index contributed by atoms with van der Waals surface area (Å²) >= 11 is 11.3. The monoisotopic (exact) mass is 372 g/mol. The maximum Gasteiger partial charge on any atom is 0.180 e. The van der Waals surface area contributed by atoms with Crippen molar-refractivity contribution in [2.24, 2.45) is 0 Å². The number of hydrogen-bond donors (Lipinski definition) is 2. The number of hydrogen-bond acceptors (Lipinski definition) is 3. The number of ether oxygens (including phenoxy) is 1. The molecule has 0 fully saturated rings. The first-order valence-corrected chi connectivity index (χ1v) is 8.42. The lowest BCUT2D eigenvalue weighted by molar-refractivity contribution is 0.221. The Hall–Kier alpha value is -2.57. The van der Waals surface area contributed by atoms with Gasteiger partial charge in [0, 0.05) is 10.7 Å². The minimum atomic E-state index is 0.278. The average molecular weight is 373 g/mol. The van der Waals surface area contributed by atoms with Crippen LogP contribution >= 0.6 is 23.8 Å². The largest absolute Gasteiger partial charge is 0.471 e. The van der Waals surface area contributed by atoms with Crippen LogP contribution in [-0.2, 0) is 6.73 Å². The Balaban J connectivity index is 1.53. The number of aryl methyl sites for hydroxylation is 1. The van der Waals surface area contributed by atoms with Crippen LogP contribution in [0.4, 0.5) is 11.4 Å². The standard InChI is InChI=1S/C18H17ClN4OS/c1-13-4-2-6-15(8-13)21-18(25)22-16-10-20-23(11-16)12-24-17-7-3-5-14(19)9-17/h2-11H,12H2,1H3,(H2,21,22,25). The Bertz CT molecular complexity index is 881. The molecule has 2 aromatic carbocycles. The predicted octanol–water partition coefficient (Wildman–Crippen LogP) is 4.69. The van der Waals surface area contributed by atoms with Gasteiger partial charge < -0.3 is 15.4 Å². The number of rotatable bonds is 5. The molecule has 0 aliphatic rings. The van der Waals surface area contributed by atoms with Gasteiger partial charge in [-0.05, 0) is 55.0 Å². The third kappa shape index (κ3) is 5.20. The van der Waals surface area contributed by atoms with Gasteiger partial charge in [0.1, 0.15) is 5.75 Å². The molecule has 0 spiro atoms. The second kappa shape index (κ2) is 8.00. The van der Waals surface area contributed by atoms with Gasteiger partial charge in [0.05, 0.1) is 18.1 Å². The Morgan fingerprint density at radius 1 is 1.16 bits per heavy atom. The van der Waals surface area contributed by atoms with Gasteiger partial charge in [-0.1, -0.05) is 29.8 Å². The molecule has 25 heavy (non-hydrogen) atoms. The molecular weight excluding hydrogens is 356 g/mol. The molecule has 0 aliphatic heterocycles. The molecule has 0 unspecified atom stereocenters. The van der Waals surface area contributed by atoms with E-state index in [1.54, 1.807) is 23.0 Å². The van der Waals surface area contributed by atoms with Gasteiger partial charge >= 0.3 is 0 Å². The van der Waals surface area contributed by atoms with Crippen molar-refractivity contribution in [2.45, 2.75) is 13.7 Å². The summed E-state index contributed by atoms with van der Waals surface area (Å²) in [5.41, 5.74) is 2.88. The van der Waals surface area contributed by atoms with Crippen molar-refractivity contribution in [1.82, 2.24) is 9.78 Å².